The Morgan fingerprint density at radius 2 is 1.94 bits per heavy atom. The van der Waals surface area contributed by atoms with Crippen molar-refractivity contribution in [2.75, 3.05) is 11.9 Å². The second-order valence-electron chi connectivity index (χ2n) is 7.02. The molecule has 0 radical (unpaired) electrons. The first-order valence-electron chi connectivity index (χ1n) is 9.41. The number of hydrogen-bond acceptors (Lipinski definition) is 6. The third-order valence-electron chi connectivity index (χ3n) is 5.24. The SMILES string of the molecule is CCC1(C(=O)N(N)C(=O)c2cccnc2Nc2ccc(C(F)(F)F)cc2)CCNC1=O. The maximum atomic E-state index is 12.9. The summed E-state index contributed by atoms with van der Waals surface area (Å²) in [5.41, 5.74) is -2.08. The van der Waals surface area contributed by atoms with Gasteiger partial charge in [0.15, 0.2) is 0 Å². The van der Waals surface area contributed by atoms with Crippen LogP contribution in [0.4, 0.5) is 24.7 Å². The van der Waals surface area contributed by atoms with E-state index < -0.39 is 34.9 Å². The molecule has 1 unspecified atom stereocenters. The average molecular weight is 435 g/mol. The van der Waals surface area contributed by atoms with Gasteiger partial charge in [0.2, 0.25) is 5.91 Å². The van der Waals surface area contributed by atoms with E-state index in [1.807, 2.05) is 0 Å². The number of carbonyl (C=O) groups is 3. The van der Waals surface area contributed by atoms with E-state index in [9.17, 15) is 27.6 Å². The van der Waals surface area contributed by atoms with Gasteiger partial charge in [-0.15, -0.1) is 0 Å². The van der Waals surface area contributed by atoms with Crippen LogP contribution in [0.1, 0.15) is 35.7 Å². The zero-order valence-corrected chi connectivity index (χ0v) is 16.5. The number of rotatable bonds is 5. The fourth-order valence-electron chi connectivity index (χ4n) is 3.37. The Hall–Kier alpha value is -3.47. The molecule has 0 spiro atoms. The highest BCUT2D eigenvalue weighted by atomic mass is 19.4. The molecule has 4 N–H and O–H groups in total. The van der Waals surface area contributed by atoms with Gasteiger partial charge in [-0.3, -0.25) is 14.4 Å². The number of nitrogens with one attached hydrogen (secondary N) is 2. The maximum absolute atomic E-state index is 12.9. The van der Waals surface area contributed by atoms with E-state index in [0.717, 1.165) is 12.1 Å². The lowest BCUT2D eigenvalue weighted by Gasteiger charge is -2.27. The second kappa shape index (κ2) is 8.34. The van der Waals surface area contributed by atoms with Gasteiger partial charge in [-0.05, 0) is 49.2 Å². The van der Waals surface area contributed by atoms with E-state index in [4.69, 9.17) is 5.84 Å². The number of hydrogen-bond donors (Lipinski definition) is 3. The van der Waals surface area contributed by atoms with Crippen LogP contribution in [0.2, 0.25) is 0 Å². The van der Waals surface area contributed by atoms with Crippen LogP contribution in [-0.2, 0) is 15.8 Å². The van der Waals surface area contributed by atoms with Gasteiger partial charge in [0.1, 0.15) is 11.2 Å². The van der Waals surface area contributed by atoms with Crippen molar-refractivity contribution in [3.8, 4) is 0 Å². The van der Waals surface area contributed by atoms with Crippen molar-refractivity contribution in [3.05, 3.63) is 53.7 Å². The normalized spacial score (nSPS) is 18.4. The summed E-state index contributed by atoms with van der Waals surface area (Å²) in [7, 11) is 0. The number of nitrogens with zero attached hydrogens (tertiary/aromatic N) is 2. The summed E-state index contributed by atoms with van der Waals surface area (Å²) in [5.74, 6) is 3.57. The first-order valence-corrected chi connectivity index (χ1v) is 9.41. The van der Waals surface area contributed by atoms with Crippen molar-refractivity contribution in [2.45, 2.75) is 25.9 Å². The first kappa shape index (κ1) is 22.2. The third kappa shape index (κ3) is 4.22. The number of imide groups is 1. The van der Waals surface area contributed by atoms with Gasteiger partial charge in [-0.25, -0.2) is 15.8 Å². The molecule has 1 aliphatic heterocycles. The molecule has 1 fully saturated rings. The van der Waals surface area contributed by atoms with Crippen LogP contribution >= 0.6 is 0 Å². The van der Waals surface area contributed by atoms with Crippen LogP contribution in [0, 0.1) is 5.41 Å². The fraction of sp³-hybridized carbons (Fsp3) is 0.300. The Morgan fingerprint density at radius 3 is 2.48 bits per heavy atom. The number of anilines is 2. The summed E-state index contributed by atoms with van der Waals surface area (Å²) in [6, 6.07) is 6.95. The average Bonchev–Trinajstić information content (AvgIpc) is 3.13. The molecule has 164 valence electrons. The zero-order chi connectivity index (χ0) is 22.8. The van der Waals surface area contributed by atoms with Gasteiger partial charge in [0.05, 0.1) is 11.1 Å². The van der Waals surface area contributed by atoms with E-state index in [-0.39, 0.29) is 29.9 Å². The molecule has 1 aliphatic rings. The summed E-state index contributed by atoms with van der Waals surface area (Å²) >= 11 is 0. The van der Waals surface area contributed by atoms with E-state index in [1.165, 1.54) is 30.5 Å². The molecule has 3 amide bonds. The van der Waals surface area contributed by atoms with Gasteiger partial charge in [0, 0.05) is 18.4 Å². The van der Waals surface area contributed by atoms with Crippen molar-refractivity contribution < 1.29 is 27.6 Å². The molecule has 3 rings (SSSR count). The van der Waals surface area contributed by atoms with Crippen molar-refractivity contribution in [1.82, 2.24) is 15.3 Å². The summed E-state index contributed by atoms with van der Waals surface area (Å²) < 4.78 is 38.2. The summed E-state index contributed by atoms with van der Waals surface area (Å²) in [6.45, 7) is 1.96. The number of benzene rings is 1. The largest absolute Gasteiger partial charge is 0.416 e. The molecule has 1 saturated heterocycles. The van der Waals surface area contributed by atoms with Crippen LogP contribution in [0.5, 0.6) is 0 Å². The van der Waals surface area contributed by atoms with Crippen molar-refractivity contribution in [2.24, 2.45) is 11.3 Å². The number of hydrazine groups is 1. The molecule has 0 bridgehead atoms. The summed E-state index contributed by atoms with van der Waals surface area (Å²) in [4.78, 5) is 42.1. The summed E-state index contributed by atoms with van der Waals surface area (Å²) in [5, 5.41) is 5.72. The lowest BCUT2D eigenvalue weighted by Crippen LogP contribution is -2.53. The third-order valence-corrected chi connectivity index (χ3v) is 5.24. The van der Waals surface area contributed by atoms with Gasteiger partial charge < -0.3 is 10.6 Å². The van der Waals surface area contributed by atoms with E-state index >= 15 is 0 Å². The zero-order valence-electron chi connectivity index (χ0n) is 16.5. The number of aromatic nitrogens is 1. The molecule has 31 heavy (non-hydrogen) atoms. The number of halogens is 3. The molecular formula is C20H20F3N5O3. The highest BCUT2D eigenvalue weighted by molar-refractivity contribution is 6.14. The molecule has 0 aliphatic carbocycles. The van der Waals surface area contributed by atoms with Crippen LogP contribution in [0.3, 0.4) is 0 Å². The first-order chi connectivity index (χ1) is 14.6. The molecular weight excluding hydrogens is 415 g/mol. The molecule has 8 nitrogen and oxygen atoms in total. The van der Waals surface area contributed by atoms with E-state index in [0.29, 0.717) is 11.6 Å². The number of nitrogens with two attached hydrogens (primary N) is 1. The Morgan fingerprint density at radius 1 is 1.26 bits per heavy atom. The Kier molecular flexibility index (Phi) is 5.98. The smallest absolute Gasteiger partial charge is 0.355 e. The number of alkyl halides is 3. The van der Waals surface area contributed by atoms with Crippen LogP contribution in [0.25, 0.3) is 0 Å². The topological polar surface area (TPSA) is 117 Å². The Labute approximate surface area is 175 Å². The minimum atomic E-state index is -4.48. The molecule has 2 aromatic rings. The second-order valence-corrected chi connectivity index (χ2v) is 7.02. The molecule has 1 aromatic heterocycles. The predicted octanol–water partition coefficient (Wildman–Crippen LogP) is 2.60. The van der Waals surface area contributed by atoms with E-state index in [2.05, 4.69) is 15.6 Å². The Bertz CT molecular complexity index is 1010. The van der Waals surface area contributed by atoms with Gasteiger partial charge >= 0.3 is 6.18 Å². The van der Waals surface area contributed by atoms with Gasteiger partial charge in [-0.2, -0.15) is 13.2 Å². The van der Waals surface area contributed by atoms with Gasteiger partial charge in [-0.1, -0.05) is 6.92 Å². The Balaban J connectivity index is 1.85. The van der Waals surface area contributed by atoms with Crippen molar-refractivity contribution in [1.29, 1.82) is 0 Å². The highest BCUT2D eigenvalue weighted by Crippen LogP contribution is 2.33. The maximum Gasteiger partial charge on any atom is 0.416 e. The van der Waals surface area contributed by atoms with Gasteiger partial charge in [0.25, 0.3) is 11.8 Å². The number of pyridine rings is 1. The van der Waals surface area contributed by atoms with Crippen LogP contribution < -0.4 is 16.5 Å². The molecule has 11 heteroatoms. The van der Waals surface area contributed by atoms with Crippen molar-refractivity contribution >= 4 is 29.2 Å². The molecule has 1 aromatic carbocycles. The predicted molar refractivity (Wildman–Crippen MR) is 105 cm³/mol. The molecule has 0 saturated carbocycles. The molecule has 1 atom stereocenters. The lowest BCUT2D eigenvalue weighted by molar-refractivity contribution is -0.146. The minimum Gasteiger partial charge on any atom is -0.355 e. The monoisotopic (exact) mass is 435 g/mol. The number of amides is 3. The van der Waals surface area contributed by atoms with Crippen molar-refractivity contribution in [3.63, 3.8) is 0 Å². The standard InChI is InChI=1S/C20H20F3N5O3/c1-2-19(9-11-26-17(19)30)18(31)28(24)16(29)14-4-3-10-25-15(14)27-13-7-5-12(6-8-13)20(21,22)23/h3-8,10H,2,9,11,24H2,1H3,(H,25,27)(H,26,30). The summed E-state index contributed by atoms with van der Waals surface area (Å²) in [6.07, 6.45) is -2.73. The van der Waals surface area contributed by atoms with Crippen LogP contribution in [0.15, 0.2) is 42.6 Å². The lowest BCUT2D eigenvalue weighted by atomic mass is 9.82. The molecule has 2 heterocycles. The number of carbonyl (C=O) groups excluding carboxylic acids is 3. The quantitative estimate of drug-likeness (QED) is 0.219. The van der Waals surface area contributed by atoms with E-state index in [1.54, 1.807) is 6.92 Å². The minimum absolute atomic E-state index is 0.00284. The van der Waals surface area contributed by atoms with Crippen LogP contribution in [-0.4, -0.2) is 34.3 Å². The highest BCUT2D eigenvalue weighted by Gasteiger charge is 2.50. The fourth-order valence-corrected chi connectivity index (χ4v) is 3.37.